The molecule has 2 aromatic rings. The molecule has 3 nitrogen and oxygen atoms in total. The Bertz CT molecular complexity index is 622. The monoisotopic (exact) mass is 281 g/mol. The maximum atomic E-state index is 5.76. The van der Waals surface area contributed by atoms with E-state index in [1.54, 1.807) is 0 Å². The first-order valence-corrected chi connectivity index (χ1v) is 7.35. The van der Waals surface area contributed by atoms with Gasteiger partial charge in [0, 0.05) is 5.56 Å². The number of ether oxygens (including phenoxy) is 2. The lowest BCUT2D eigenvalue weighted by atomic mass is 10.1. The molecule has 0 bridgehead atoms. The summed E-state index contributed by atoms with van der Waals surface area (Å²) in [5.74, 6) is 1.56. The van der Waals surface area contributed by atoms with Crippen LogP contribution in [-0.4, -0.2) is 19.1 Å². The van der Waals surface area contributed by atoms with Crippen LogP contribution in [0, 0.1) is 0 Å². The average molecular weight is 281 g/mol. The van der Waals surface area contributed by atoms with Crippen molar-refractivity contribution in [1.82, 2.24) is 0 Å². The topological polar surface area (TPSA) is 30.8 Å². The zero-order valence-corrected chi connectivity index (χ0v) is 12.2. The third kappa shape index (κ3) is 3.24. The van der Waals surface area contributed by atoms with Crippen LogP contribution in [0.3, 0.4) is 0 Å². The number of benzene rings is 2. The second-order valence-corrected chi connectivity index (χ2v) is 5.05. The van der Waals surface area contributed by atoms with Crippen molar-refractivity contribution < 1.29 is 9.47 Å². The Morgan fingerprint density at radius 3 is 2.81 bits per heavy atom. The summed E-state index contributed by atoms with van der Waals surface area (Å²) in [5.41, 5.74) is 2.16. The lowest BCUT2D eigenvalue weighted by Gasteiger charge is -2.06. The van der Waals surface area contributed by atoms with Crippen molar-refractivity contribution in [1.29, 1.82) is 0 Å². The summed E-state index contributed by atoms with van der Waals surface area (Å²) in [6, 6.07) is 18.3. The van der Waals surface area contributed by atoms with Crippen molar-refractivity contribution in [3.63, 3.8) is 0 Å². The molecule has 3 heteroatoms. The Morgan fingerprint density at radius 2 is 2.00 bits per heavy atom. The van der Waals surface area contributed by atoms with Crippen LogP contribution in [0.5, 0.6) is 5.75 Å². The highest BCUT2D eigenvalue weighted by Gasteiger charge is 2.21. The van der Waals surface area contributed by atoms with Gasteiger partial charge in [-0.15, -0.1) is 0 Å². The Balaban J connectivity index is 1.78. The van der Waals surface area contributed by atoms with Crippen LogP contribution in [0.1, 0.15) is 30.5 Å². The first kappa shape index (κ1) is 13.7. The smallest absolute Gasteiger partial charge is 0.217 e. The van der Waals surface area contributed by atoms with E-state index in [0.717, 1.165) is 24.3 Å². The Morgan fingerprint density at radius 1 is 1.14 bits per heavy atom. The Labute approximate surface area is 125 Å². The van der Waals surface area contributed by atoms with Crippen LogP contribution in [-0.2, 0) is 4.74 Å². The molecule has 0 amide bonds. The average Bonchev–Trinajstić information content (AvgIpc) is 3.04. The van der Waals surface area contributed by atoms with Crippen molar-refractivity contribution in [2.24, 2.45) is 4.99 Å². The molecule has 0 saturated heterocycles. The van der Waals surface area contributed by atoms with Crippen LogP contribution in [0.4, 0.5) is 0 Å². The Kier molecular flexibility index (Phi) is 4.20. The SMILES string of the molecule is CCCOc1cccc(C2=N[C@H](c3ccccc3)CO2)c1. The van der Waals surface area contributed by atoms with Crippen LogP contribution in [0.25, 0.3) is 0 Å². The lowest BCUT2D eigenvalue weighted by molar-refractivity contribution is 0.314. The van der Waals surface area contributed by atoms with Gasteiger partial charge >= 0.3 is 0 Å². The molecular formula is C18H19NO2. The van der Waals surface area contributed by atoms with E-state index in [4.69, 9.17) is 9.47 Å². The molecule has 1 aliphatic heterocycles. The fraction of sp³-hybridized carbons (Fsp3) is 0.278. The van der Waals surface area contributed by atoms with Gasteiger partial charge in [0.1, 0.15) is 18.4 Å². The van der Waals surface area contributed by atoms with Crippen molar-refractivity contribution >= 4 is 5.90 Å². The van der Waals surface area contributed by atoms with E-state index in [1.165, 1.54) is 5.56 Å². The van der Waals surface area contributed by atoms with Gasteiger partial charge in [0.25, 0.3) is 0 Å². The first-order chi connectivity index (χ1) is 10.4. The largest absolute Gasteiger partial charge is 0.494 e. The predicted molar refractivity (Wildman–Crippen MR) is 83.9 cm³/mol. The van der Waals surface area contributed by atoms with Gasteiger partial charge in [-0.05, 0) is 30.2 Å². The Hall–Kier alpha value is -2.29. The highest BCUT2D eigenvalue weighted by molar-refractivity contribution is 5.95. The minimum absolute atomic E-state index is 0.0846. The minimum Gasteiger partial charge on any atom is -0.494 e. The molecule has 1 aliphatic rings. The maximum Gasteiger partial charge on any atom is 0.217 e. The summed E-state index contributed by atoms with van der Waals surface area (Å²) in [6.45, 7) is 3.42. The summed E-state index contributed by atoms with van der Waals surface area (Å²) < 4.78 is 11.4. The van der Waals surface area contributed by atoms with Crippen LogP contribution >= 0.6 is 0 Å². The number of nitrogens with zero attached hydrogens (tertiary/aromatic N) is 1. The predicted octanol–water partition coefficient (Wildman–Crippen LogP) is 3.99. The molecule has 108 valence electrons. The number of hydrogen-bond donors (Lipinski definition) is 0. The van der Waals surface area contributed by atoms with Gasteiger partial charge in [-0.25, -0.2) is 4.99 Å². The summed E-state index contributed by atoms with van der Waals surface area (Å²) in [5, 5.41) is 0. The van der Waals surface area contributed by atoms with E-state index in [0.29, 0.717) is 12.5 Å². The van der Waals surface area contributed by atoms with Gasteiger partial charge in [0.15, 0.2) is 0 Å². The molecule has 0 aliphatic carbocycles. The third-order valence-corrected chi connectivity index (χ3v) is 3.39. The molecule has 3 rings (SSSR count). The first-order valence-electron chi connectivity index (χ1n) is 7.35. The molecule has 1 heterocycles. The number of hydrogen-bond acceptors (Lipinski definition) is 3. The van der Waals surface area contributed by atoms with Crippen molar-refractivity contribution in [2.75, 3.05) is 13.2 Å². The lowest BCUT2D eigenvalue weighted by Crippen LogP contribution is -2.02. The molecule has 0 unspecified atom stereocenters. The van der Waals surface area contributed by atoms with Gasteiger partial charge in [-0.3, -0.25) is 0 Å². The summed E-state index contributed by atoms with van der Waals surface area (Å²) in [6.07, 6.45) is 0.998. The zero-order chi connectivity index (χ0) is 14.5. The molecule has 0 fully saturated rings. The van der Waals surface area contributed by atoms with E-state index < -0.39 is 0 Å². The second kappa shape index (κ2) is 6.44. The molecule has 0 spiro atoms. The van der Waals surface area contributed by atoms with Crippen LogP contribution in [0.15, 0.2) is 59.6 Å². The second-order valence-electron chi connectivity index (χ2n) is 5.05. The standard InChI is InChI=1S/C18H19NO2/c1-2-11-20-16-10-6-9-15(12-16)18-19-17(13-21-18)14-7-4-3-5-8-14/h3-10,12,17H,2,11,13H2,1H3/t17-/m0/s1. The number of rotatable bonds is 5. The van der Waals surface area contributed by atoms with Crippen LogP contribution < -0.4 is 4.74 Å². The molecule has 0 N–H and O–H groups in total. The highest BCUT2D eigenvalue weighted by Crippen LogP contribution is 2.26. The fourth-order valence-corrected chi connectivity index (χ4v) is 2.32. The molecule has 2 aromatic carbocycles. The molecule has 1 atom stereocenters. The van der Waals surface area contributed by atoms with Gasteiger partial charge in [-0.1, -0.05) is 43.3 Å². The minimum atomic E-state index is 0.0846. The van der Waals surface area contributed by atoms with E-state index in [2.05, 4.69) is 24.0 Å². The quantitative estimate of drug-likeness (QED) is 0.829. The van der Waals surface area contributed by atoms with E-state index >= 15 is 0 Å². The molecular weight excluding hydrogens is 262 g/mol. The van der Waals surface area contributed by atoms with Gasteiger partial charge < -0.3 is 9.47 Å². The molecule has 0 saturated carbocycles. The third-order valence-electron chi connectivity index (χ3n) is 3.39. The van der Waals surface area contributed by atoms with Gasteiger partial charge in [-0.2, -0.15) is 0 Å². The fourth-order valence-electron chi connectivity index (χ4n) is 2.32. The normalized spacial score (nSPS) is 17.2. The molecule has 0 aromatic heterocycles. The van der Waals surface area contributed by atoms with E-state index in [1.807, 2.05) is 42.5 Å². The summed E-state index contributed by atoms with van der Waals surface area (Å²) >= 11 is 0. The molecule has 21 heavy (non-hydrogen) atoms. The van der Waals surface area contributed by atoms with Crippen molar-refractivity contribution in [3.05, 3.63) is 65.7 Å². The summed E-state index contributed by atoms with van der Waals surface area (Å²) in [7, 11) is 0. The zero-order valence-electron chi connectivity index (χ0n) is 12.2. The van der Waals surface area contributed by atoms with E-state index in [-0.39, 0.29) is 6.04 Å². The highest BCUT2D eigenvalue weighted by atomic mass is 16.5. The van der Waals surface area contributed by atoms with E-state index in [9.17, 15) is 0 Å². The summed E-state index contributed by atoms with van der Waals surface area (Å²) in [4.78, 5) is 4.69. The van der Waals surface area contributed by atoms with Crippen LogP contribution in [0.2, 0.25) is 0 Å². The molecule has 0 radical (unpaired) electrons. The maximum absolute atomic E-state index is 5.76. The van der Waals surface area contributed by atoms with Gasteiger partial charge in [0.2, 0.25) is 5.90 Å². The van der Waals surface area contributed by atoms with Crippen molar-refractivity contribution in [2.45, 2.75) is 19.4 Å². The van der Waals surface area contributed by atoms with Crippen molar-refractivity contribution in [3.8, 4) is 5.75 Å². The number of aliphatic imine (C=N–C) groups is 1. The van der Waals surface area contributed by atoms with Gasteiger partial charge in [0.05, 0.1) is 6.61 Å².